The first-order valence-electron chi connectivity index (χ1n) is 6.06. The Balaban J connectivity index is 2.29. The van der Waals surface area contributed by atoms with Crippen LogP contribution in [0.2, 0.25) is 0 Å². The molecule has 1 atom stereocenters. The molecule has 1 aliphatic heterocycles. The molecule has 4 N–H and O–H groups in total. The fourth-order valence-electron chi connectivity index (χ4n) is 2.41. The van der Waals surface area contributed by atoms with Crippen molar-refractivity contribution in [2.24, 2.45) is 11.7 Å². The first kappa shape index (κ1) is 11.8. The lowest BCUT2D eigenvalue weighted by Crippen LogP contribution is -2.24. The summed E-state index contributed by atoms with van der Waals surface area (Å²) in [7, 11) is 0. The average molecular weight is 233 g/mol. The highest BCUT2D eigenvalue weighted by Gasteiger charge is 2.24. The van der Waals surface area contributed by atoms with Crippen LogP contribution in [0.1, 0.15) is 30.1 Å². The lowest BCUT2D eigenvalue weighted by atomic mass is 10.1. The van der Waals surface area contributed by atoms with E-state index in [-0.39, 0.29) is 0 Å². The molecule has 1 aromatic rings. The fourth-order valence-corrected chi connectivity index (χ4v) is 2.41. The van der Waals surface area contributed by atoms with Gasteiger partial charge in [0.05, 0.1) is 5.56 Å². The zero-order valence-electron chi connectivity index (χ0n) is 10.1. The highest BCUT2D eigenvalue weighted by Crippen LogP contribution is 2.29. The lowest BCUT2D eigenvalue weighted by Gasteiger charge is -2.21. The summed E-state index contributed by atoms with van der Waals surface area (Å²) in [6.07, 6.45) is 2.36. The number of benzene rings is 1. The predicted molar refractivity (Wildman–Crippen MR) is 70.0 cm³/mol. The van der Waals surface area contributed by atoms with E-state index in [4.69, 9.17) is 11.5 Å². The minimum atomic E-state index is -0.410. The van der Waals surface area contributed by atoms with Gasteiger partial charge in [0.25, 0.3) is 5.91 Å². The molecule has 1 fully saturated rings. The van der Waals surface area contributed by atoms with Gasteiger partial charge in [-0.1, -0.05) is 13.3 Å². The van der Waals surface area contributed by atoms with Gasteiger partial charge in [0, 0.05) is 24.5 Å². The van der Waals surface area contributed by atoms with Gasteiger partial charge in [-0.05, 0) is 30.5 Å². The summed E-state index contributed by atoms with van der Waals surface area (Å²) in [6.45, 7) is 4.19. The van der Waals surface area contributed by atoms with Gasteiger partial charge in [-0.25, -0.2) is 0 Å². The van der Waals surface area contributed by atoms with Crippen LogP contribution in [-0.4, -0.2) is 19.0 Å². The van der Waals surface area contributed by atoms with E-state index in [0.29, 0.717) is 17.2 Å². The van der Waals surface area contributed by atoms with E-state index in [1.807, 2.05) is 12.1 Å². The van der Waals surface area contributed by atoms with E-state index >= 15 is 0 Å². The van der Waals surface area contributed by atoms with Gasteiger partial charge >= 0.3 is 0 Å². The van der Waals surface area contributed by atoms with Crippen molar-refractivity contribution in [3.8, 4) is 0 Å². The number of carbonyl (C=O) groups excluding carboxylic acids is 1. The molecule has 0 saturated carbocycles. The van der Waals surface area contributed by atoms with Crippen LogP contribution < -0.4 is 16.4 Å². The van der Waals surface area contributed by atoms with Gasteiger partial charge in [0.2, 0.25) is 0 Å². The van der Waals surface area contributed by atoms with E-state index in [9.17, 15) is 4.79 Å². The van der Waals surface area contributed by atoms with Crippen molar-refractivity contribution in [2.45, 2.75) is 19.8 Å². The summed E-state index contributed by atoms with van der Waals surface area (Å²) < 4.78 is 0. The van der Waals surface area contributed by atoms with Crippen molar-refractivity contribution in [2.75, 3.05) is 23.7 Å². The first-order valence-corrected chi connectivity index (χ1v) is 6.06. The van der Waals surface area contributed by atoms with Crippen LogP contribution >= 0.6 is 0 Å². The zero-order valence-corrected chi connectivity index (χ0v) is 10.1. The van der Waals surface area contributed by atoms with Crippen molar-refractivity contribution in [3.63, 3.8) is 0 Å². The second-order valence-corrected chi connectivity index (χ2v) is 4.65. The van der Waals surface area contributed by atoms with Crippen molar-refractivity contribution >= 4 is 17.3 Å². The third-order valence-electron chi connectivity index (χ3n) is 3.49. The van der Waals surface area contributed by atoms with Crippen LogP contribution in [0.3, 0.4) is 0 Å². The number of rotatable bonds is 3. The smallest absolute Gasteiger partial charge is 0.250 e. The molecule has 92 valence electrons. The van der Waals surface area contributed by atoms with Gasteiger partial charge in [-0.15, -0.1) is 0 Å². The van der Waals surface area contributed by atoms with E-state index in [2.05, 4.69) is 11.8 Å². The maximum atomic E-state index is 11.4. The quantitative estimate of drug-likeness (QED) is 0.779. The Morgan fingerprint density at radius 1 is 1.53 bits per heavy atom. The number of anilines is 2. The molecule has 2 rings (SSSR count). The van der Waals surface area contributed by atoms with Crippen molar-refractivity contribution in [3.05, 3.63) is 23.8 Å². The number of amides is 1. The van der Waals surface area contributed by atoms with Gasteiger partial charge in [0.15, 0.2) is 0 Å². The van der Waals surface area contributed by atoms with E-state index in [1.165, 1.54) is 12.8 Å². The SMILES string of the molecule is CCC1CCN(c2ccc(N)cc2C(N)=O)C1. The standard InChI is InChI=1S/C13H19N3O/c1-2-9-5-6-16(8-9)12-4-3-10(14)7-11(12)13(15)17/h3-4,7,9H,2,5-6,8,14H2,1H3,(H2,15,17). The molecule has 0 aliphatic carbocycles. The summed E-state index contributed by atoms with van der Waals surface area (Å²) in [5, 5.41) is 0. The summed E-state index contributed by atoms with van der Waals surface area (Å²) in [5.74, 6) is 0.306. The van der Waals surface area contributed by atoms with Crippen LogP contribution in [0, 0.1) is 5.92 Å². The van der Waals surface area contributed by atoms with E-state index in [0.717, 1.165) is 18.8 Å². The number of primary amides is 1. The summed E-state index contributed by atoms with van der Waals surface area (Å²) in [6, 6.07) is 5.38. The van der Waals surface area contributed by atoms with Crippen LogP contribution in [0.25, 0.3) is 0 Å². The number of nitrogen functional groups attached to an aromatic ring is 1. The van der Waals surface area contributed by atoms with Crippen molar-refractivity contribution < 1.29 is 4.79 Å². The van der Waals surface area contributed by atoms with Gasteiger partial charge in [-0.3, -0.25) is 4.79 Å². The second kappa shape index (κ2) is 4.65. The summed E-state index contributed by atoms with van der Waals surface area (Å²) in [4.78, 5) is 13.7. The molecule has 4 nitrogen and oxygen atoms in total. The zero-order chi connectivity index (χ0) is 12.4. The average Bonchev–Trinajstić information content (AvgIpc) is 2.77. The number of nitrogens with two attached hydrogens (primary N) is 2. The Morgan fingerprint density at radius 3 is 2.88 bits per heavy atom. The lowest BCUT2D eigenvalue weighted by molar-refractivity contribution is 0.100. The molecule has 1 aliphatic rings. The maximum Gasteiger partial charge on any atom is 0.250 e. The number of hydrogen-bond acceptors (Lipinski definition) is 3. The summed E-state index contributed by atoms with van der Waals surface area (Å²) >= 11 is 0. The molecule has 17 heavy (non-hydrogen) atoms. The number of carbonyl (C=O) groups is 1. The van der Waals surface area contributed by atoms with Crippen LogP contribution in [0.4, 0.5) is 11.4 Å². The van der Waals surface area contributed by atoms with Crippen LogP contribution in [-0.2, 0) is 0 Å². The molecule has 4 heteroatoms. The van der Waals surface area contributed by atoms with E-state index in [1.54, 1.807) is 6.07 Å². The number of nitrogens with zero attached hydrogens (tertiary/aromatic N) is 1. The normalized spacial score (nSPS) is 19.6. The van der Waals surface area contributed by atoms with Crippen LogP contribution in [0.5, 0.6) is 0 Å². The minimum Gasteiger partial charge on any atom is -0.399 e. The maximum absolute atomic E-state index is 11.4. The predicted octanol–water partition coefficient (Wildman–Crippen LogP) is 1.60. The van der Waals surface area contributed by atoms with Crippen molar-refractivity contribution in [1.82, 2.24) is 0 Å². The van der Waals surface area contributed by atoms with Gasteiger partial charge < -0.3 is 16.4 Å². The molecule has 0 bridgehead atoms. The molecule has 1 aromatic carbocycles. The molecular formula is C13H19N3O. The molecular weight excluding hydrogens is 214 g/mol. The molecule has 1 unspecified atom stereocenters. The third kappa shape index (κ3) is 2.35. The number of hydrogen-bond donors (Lipinski definition) is 2. The Morgan fingerprint density at radius 2 is 2.29 bits per heavy atom. The fraction of sp³-hybridized carbons (Fsp3) is 0.462. The minimum absolute atomic E-state index is 0.410. The largest absolute Gasteiger partial charge is 0.399 e. The molecule has 0 aromatic heterocycles. The molecule has 0 radical (unpaired) electrons. The third-order valence-corrected chi connectivity index (χ3v) is 3.49. The Kier molecular flexibility index (Phi) is 3.22. The highest BCUT2D eigenvalue weighted by atomic mass is 16.1. The van der Waals surface area contributed by atoms with Gasteiger partial charge in [-0.2, -0.15) is 0 Å². The molecule has 0 spiro atoms. The Labute approximate surface area is 102 Å². The Bertz CT molecular complexity index is 431. The Hall–Kier alpha value is -1.71. The molecule has 1 heterocycles. The second-order valence-electron chi connectivity index (χ2n) is 4.65. The topological polar surface area (TPSA) is 72.3 Å². The highest BCUT2D eigenvalue weighted by molar-refractivity contribution is 5.99. The summed E-state index contributed by atoms with van der Waals surface area (Å²) in [5.41, 5.74) is 13.1. The van der Waals surface area contributed by atoms with Gasteiger partial charge in [0.1, 0.15) is 0 Å². The van der Waals surface area contributed by atoms with Crippen LogP contribution in [0.15, 0.2) is 18.2 Å². The molecule has 1 saturated heterocycles. The first-order chi connectivity index (χ1) is 8.11. The van der Waals surface area contributed by atoms with E-state index < -0.39 is 5.91 Å². The van der Waals surface area contributed by atoms with Crippen molar-refractivity contribution in [1.29, 1.82) is 0 Å². The molecule has 1 amide bonds. The monoisotopic (exact) mass is 233 g/mol.